The van der Waals surface area contributed by atoms with E-state index in [-0.39, 0.29) is 22.3 Å². The van der Waals surface area contributed by atoms with Gasteiger partial charge in [0.15, 0.2) is 16.6 Å². The van der Waals surface area contributed by atoms with E-state index in [0.29, 0.717) is 18.4 Å². The van der Waals surface area contributed by atoms with Gasteiger partial charge in [-0.3, -0.25) is 0 Å². The van der Waals surface area contributed by atoms with E-state index >= 15 is 0 Å². The predicted octanol–water partition coefficient (Wildman–Crippen LogP) is 6.52. The first kappa shape index (κ1) is 25.3. The molecule has 0 saturated heterocycles. The van der Waals surface area contributed by atoms with E-state index in [1.54, 1.807) is 6.92 Å². The molecule has 0 aliphatic heterocycles. The van der Waals surface area contributed by atoms with Crippen molar-refractivity contribution in [3.63, 3.8) is 0 Å². The molecule has 0 bridgehead atoms. The van der Waals surface area contributed by atoms with Crippen LogP contribution in [0.2, 0.25) is 36.3 Å². The van der Waals surface area contributed by atoms with Crippen molar-refractivity contribution in [2.75, 3.05) is 0 Å². The second kappa shape index (κ2) is 8.21. The molecule has 1 saturated carbocycles. The van der Waals surface area contributed by atoms with Crippen LogP contribution in [0.5, 0.6) is 0 Å². The maximum atomic E-state index is 11.6. The molecule has 2 atom stereocenters. The zero-order chi connectivity index (χ0) is 22.3. The molecule has 0 aromatic carbocycles. The monoisotopic (exact) mass is 426 g/mol. The van der Waals surface area contributed by atoms with Crippen molar-refractivity contribution in [2.24, 2.45) is 0 Å². The fourth-order valence-electron chi connectivity index (χ4n) is 2.76. The molecule has 1 fully saturated rings. The van der Waals surface area contributed by atoms with Crippen LogP contribution in [0, 0.1) is 0 Å². The van der Waals surface area contributed by atoms with E-state index in [4.69, 9.17) is 8.85 Å². The topological polar surface area (TPSA) is 55.8 Å². The Morgan fingerprint density at radius 3 is 1.50 bits per heavy atom. The Balaban J connectivity index is 3.29. The zero-order valence-electron chi connectivity index (χ0n) is 19.9. The largest absolute Gasteiger partial charge is 0.478 e. The van der Waals surface area contributed by atoms with Gasteiger partial charge < -0.3 is 14.0 Å². The average molecular weight is 427 g/mol. The highest BCUT2D eigenvalue weighted by molar-refractivity contribution is 6.74. The summed E-state index contributed by atoms with van der Waals surface area (Å²) in [5.74, 6) is -0.861. The van der Waals surface area contributed by atoms with Crippen LogP contribution in [-0.2, 0) is 13.6 Å². The van der Waals surface area contributed by atoms with Gasteiger partial charge in [0.2, 0.25) is 0 Å². The van der Waals surface area contributed by atoms with E-state index in [2.05, 4.69) is 74.3 Å². The lowest BCUT2D eigenvalue weighted by molar-refractivity contribution is -0.132. The van der Waals surface area contributed by atoms with E-state index < -0.39 is 22.6 Å². The van der Waals surface area contributed by atoms with E-state index in [0.717, 1.165) is 11.1 Å². The van der Waals surface area contributed by atoms with Crippen molar-refractivity contribution >= 4 is 22.6 Å². The predicted molar refractivity (Wildman–Crippen MR) is 123 cm³/mol. The highest BCUT2D eigenvalue weighted by atomic mass is 28.4. The molecule has 1 aliphatic rings. The first-order valence-corrected chi connectivity index (χ1v) is 16.1. The molecular formula is C22H42O4Si2. The molecule has 0 amide bonds. The standard InChI is InChI=1S/C22H42O4Si2/c1-15(20(23)24)17-13-18(25-27(9,10)21(3,4)5)16(2)19(14-17)26-28(11,12)22(6,7)8/h18-19H,2,13-14H2,1,3-12H3,(H,23,24)/t18-,19-/m1/s1. The molecule has 1 aliphatic carbocycles. The summed E-state index contributed by atoms with van der Waals surface area (Å²) in [6, 6.07) is 0. The summed E-state index contributed by atoms with van der Waals surface area (Å²) >= 11 is 0. The minimum Gasteiger partial charge on any atom is -0.478 e. The Morgan fingerprint density at radius 1 is 0.929 bits per heavy atom. The van der Waals surface area contributed by atoms with Gasteiger partial charge in [0, 0.05) is 5.57 Å². The molecule has 162 valence electrons. The molecule has 0 spiro atoms. The molecule has 0 radical (unpaired) electrons. The van der Waals surface area contributed by atoms with Gasteiger partial charge in [0.1, 0.15) is 0 Å². The Bertz CT molecular complexity index is 606. The van der Waals surface area contributed by atoms with Crippen molar-refractivity contribution in [2.45, 2.75) is 110 Å². The first-order valence-electron chi connectivity index (χ1n) is 10.3. The third-order valence-corrected chi connectivity index (χ3v) is 16.0. The van der Waals surface area contributed by atoms with Crippen molar-refractivity contribution in [1.82, 2.24) is 0 Å². The van der Waals surface area contributed by atoms with Crippen molar-refractivity contribution in [1.29, 1.82) is 0 Å². The Labute approximate surface area is 174 Å². The number of hydrogen-bond donors (Lipinski definition) is 1. The van der Waals surface area contributed by atoms with Crippen LogP contribution in [0.1, 0.15) is 61.3 Å². The first-order chi connectivity index (χ1) is 12.3. The molecule has 1 N–H and O–H groups in total. The third-order valence-electron chi connectivity index (χ3n) is 7.03. The van der Waals surface area contributed by atoms with Gasteiger partial charge in [-0.25, -0.2) is 4.79 Å². The van der Waals surface area contributed by atoms with Crippen LogP contribution in [0.25, 0.3) is 0 Å². The van der Waals surface area contributed by atoms with E-state index in [9.17, 15) is 9.90 Å². The molecule has 0 unspecified atom stereocenters. The van der Waals surface area contributed by atoms with E-state index in [1.807, 2.05) is 0 Å². The fraction of sp³-hybridized carbons (Fsp3) is 0.773. The van der Waals surface area contributed by atoms with Crippen LogP contribution in [0.15, 0.2) is 23.3 Å². The SMILES string of the molecule is C=C1[C@H](O[Si](C)(C)C(C)(C)C)CC(=C(C)C(=O)O)C[C@H]1O[Si](C)(C)C(C)(C)C. The number of carboxylic acids is 1. The fourth-order valence-corrected chi connectivity index (χ4v) is 5.36. The van der Waals surface area contributed by atoms with Gasteiger partial charge >= 0.3 is 5.97 Å². The second-order valence-electron chi connectivity index (χ2n) is 11.3. The van der Waals surface area contributed by atoms with Crippen LogP contribution in [0.4, 0.5) is 0 Å². The average Bonchev–Trinajstić information content (AvgIpc) is 2.47. The molecule has 6 heteroatoms. The number of carbonyl (C=O) groups is 1. The van der Waals surface area contributed by atoms with Crippen molar-refractivity contribution in [3.05, 3.63) is 23.3 Å². The van der Waals surface area contributed by atoms with Crippen LogP contribution in [0.3, 0.4) is 0 Å². The van der Waals surface area contributed by atoms with E-state index in [1.165, 1.54) is 0 Å². The minimum absolute atomic E-state index is 0.0756. The maximum absolute atomic E-state index is 11.6. The maximum Gasteiger partial charge on any atom is 0.331 e. The molecule has 28 heavy (non-hydrogen) atoms. The lowest BCUT2D eigenvalue weighted by atomic mass is 9.84. The number of carboxylic acid groups (broad SMARTS) is 1. The van der Waals surface area contributed by atoms with Gasteiger partial charge in [-0.15, -0.1) is 0 Å². The summed E-state index contributed by atoms with van der Waals surface area (Å²) in [4.78, 5) is 11.6. The van der Waals surface area contributed by atoms with Crippen LogP contribution < -0.4 is 0 Å². The lowest BCUT2D eigenvalue weighted by Crippen LogP contribution is -2.50. The number of aliphatic carboxylic acids is 1. The normalized spacial score (nSPS) is 22.4. The van der Waals surface area contributed by atoms with Crippen LogP contribution in [-0.4, -0.2) is 39.9 Å². The minimum atomic E-state index is -2.03. The summed E-state index contributed by atoms with van der Waals surface area (Å²) in [5.41, 5.74) is 2.31. The Morgan fingerprint density at radius 2 is 1.25 bits per heavy atom. The summed E-state index contributed by atoms with van der Waals surface area (Å²) in [6.45, 7) is 28.3. The third kappa shape index (κ3) is 5.68. The molecule has 0 heterocycles. The van der Waals surface area contributed by atoms with Gasteiger partial charge in [0.25, 0.3) is 0 Å². The lowest BCUT2D eigenvalue weighted by Gasteiger charge is -2.46. The highest BCUT2D eigenvalue weighted by Crippen LogP contribution is 2.44. The highest BCUT2D eigenvalue weighted by Gasteiger charge is 2.45. The summed E-state index contributed by atoms with van der Waals surface area (Å²) in [7, 11) is -4.05. The van der Waals surface area contributed by atoms with Gasteiger partial charge in [-0.2, -0.15) is 0 Å². The molecule has 4 nitrogen and oxygen atoms in total. The molecular weight excluding hydrogens is 384 g/mol. The van der Waals surface area contributed by atoms with Gasteiger partial charge in [0.05, 0.1) is 12.2 Å². The van der Waals surface area contributed by atoms with Gasteiger partial charge in [-0.05, 0) is 61.6 Å². The number of rotatable bonds is 5. The summed E-state index contributed by atoms with van der Waals surface area (Å²) in [5, 5.41) is 9.70. The Hall–Kier alpha value is -0.696. The second-order valence-corrected chi connectivity index (χ2v) is 20.8. The molecule has 0 aromatic heterocycles. The zero-order valence-corrected chi connectivity index (χ0v) is 21.9. The van der Waals surface area contributed by atoms with Crippen molar-refractivity contribution in [3.8, 4) is 0 Å². The van der Waals surface area contributed by atoms with Crippen LogP contribution >= 0.6 is 0 Å². The Kier molecular flexibility index (Phi) is 7.43. The summed E-state index contributed by atoms with van der Waals surface area (Å²) < 4.78 is 13.4. The van der Waals surface area contributed by atoms with Crippen molar-refractivity contribution < 1.29 is 18.8 Å². The number of hydrogen-bond acceptors (Lipinski definition) is 3. The summed E-state index contributed by atoms with van der Waals surface area (Å²) in [6.07, 6.45) is 0.823. The molecule has 0 aromatic rings. The quantitative estimate of drug-likeness (QED) is 0.309. The smallest absolute Gasteiger partial charge is 0.331 e. The molecule has 1 rings (SSSR count). The van der Waals surface area contributed by atoms with Gasteiger partial charge in [-0.1, -0.05) is 53.7 Å².